The molecule has 0 atom stereocenters. The summed E-state index contributed by atoms with van der Waals surface area (Å²) in [6, 6.07) is 9.45. The number of halogens is 1. The van der Waals surface area contributed by atoms with Crippen LogP contribution in [-0.2, 0) is 11.3 Å². The largest absolute Gasteiger partial charge is 0.459 e. The highest BCUT2D eigenvalue weighted by Gasteiger charge is 2.12. The van der Waals surface area contributed by atoms with Gasteiger partial charge in [0.15, 0.2) is 5.76 Å². The summed E-state index contributed by atoms with van der Waals surface area (Å²) in [6.07, 6.45) is 1.41. The molecular weight excluding hydrogens is 354 g/mol. The van der Waals surface area contributed by atoms with E-state index in [1.807, 2.05) is 0 Å². The second kappa shape index (κ2) is 7.24. The topological polar surface area (TPSA) is 94.3 Å². The number of carbonyl (C=O) groups is 2. The fraction of sp³-hybridized carbons (Fsp3) is 0.0667. The summed E-state index contributed by atoms with van der Waals surface area (Å²) in [5.74, 6) is -0.698. The van der Waals surface area contributed by atoms with Crippen LogP contribution in [0.15, 0.2) is 47.1 Å². The fourth-order valence-corrected chi connectivity index (χ4v) is 2.39. The minimum absolute atomic E-state index is 0.0504. The number of amides is 1. The van der Waals surface area contributed by atoms with Crippen LogP contribution in [0.4, 0.5) is 5.69 Å². The van der Waals surface area contributed by atoms with Crippen molar-refractivity contribution in [2.75, 3.05) is 5.32 Å². The number of nitrogens with one attached hydrogen (secondary N) is 1. The summed E-state index contributed by atoms with van der Waals surface area (Å²) in [7, 11) is 0. The Balaban J connectivity index is 1.58. The highest BCUT2D eigenvalue weighted by molar-refractivity contribution is 7.10. The third-order valence-electron chi connectivity index (χ3n) is 2.97. The average molecular weight is 364 g/mol. The first-order valence-electron chi connectivity index (χ1n) is 6.72. The molecule has 0 unspecified atom stereocenters. The van der Waals surface area contributed by atoms with Crippen molar-refractivity contribution in [2.45, 2.75) is 6.61 Å². The Hall–Kier alpha value is -2.71. The zero-order valence-corrected chi connectivity index (χ0v) is 13.6. The van der Waals surface area contributed by atoms with Crippen LogP contribution < -0.4 is 5.32 Å². The van der Waals surface area contributed by atoms with Crippen molar-refractivity contribution in [1.29, 1.82) is 0 Å². The maximum atomic E-state index is 12.0. The first-order valence-corrected chi connectivity index (χ1v) is 7.87. The molecule has 0 fully saturated rings. The summed E-state index contributed by atoms with van der Waals surface area (Å²) < 4.78 is 14.2. The highest BCUT2D eigenvalue weighted by atomic mass is 35.5. The third-order valence-corrected chi connectivity index (χ3v) is 3.96. The fourth-order valence-electron chi connectivity index (χ4n) is 1.79. The molecule has 7 nitrogen and oxygen atoms in total. The van der Waals surface area contributed by atoms with E-state index >= 15 is 0 Å². The number of carbonyl (C=O) groups excluding carboxylic acids is 2. The first kappa shape index (κ1) is 16.2. The van der Waals surface area contributed by atoms with Crippen LogP contribution in [0.5, 0.6) is 0 Å². The molecule has 0 spiro atoms. The number of esters is 1. The van der Waals surface area contributed by atoms with Crippen molar-refractivity contribution in [3.8, 4) is 0 Å². The monoisotopic (exact) mass is 363 g/mol. The molecule has 24 heavy (non-hydrogen) atoms. The van der Waals surface area contributed by atoms with Gasteiger partial charge in [-0.2, -0.15) is 0 Å². The van der Waals surface area contributed by atoms with Crippen LogP contribution in [0.1, 0.15) is 26.6 Å². The zero-order chi connectivity index (χ0) is 16.9. The molecule has 0 bridgehead atoms. The van der Waals surface area contributed by atoms with Crippen molar-refractivity contribution in [3.05, 3.63) is 64.0 Å². The van der Waals surface area contributed by atoms with Crippen molar-refractivity contribution in [1.82, 2.24) is 9.59 Å². The number of nitrogens with zero attached hydrogens (tertiary/aromatic N) is 2. The van der Waals surface area contributed by atoms with Crippen molar-refractivity contribution < 1.29 is 18.7 Å². The van der Waals surface area contributed by atoms with Crippen molar-refractivity contribution in [2.24, 2.45) is 0 Å². The number of rotatable bonds is 5. The summed E-state index contributed by atoms with van der Waals surface area (Å²) in [5.41, 5.74) is 1.28. The van der Waals surface area contributed by atoms with E-state index in [9.17, 15) is 9.59 Å². The van der Waals surface area contributed by atoms with E-state index in [-0.39, 0.29) is 18.3 Å². The van der Waals surface area contributed by atoms with Crippen LogP contribution in [0, 0.1) is 0 Å². The molecular formula is C15H10ClN3O4S. The van der Waals surface area contributed by atoms with Gasteiger partial charge >= 0.3 is 5.97 Å². The van der Waals surface area contributed by atoms with Crippen LogP contribution in [0.25, 0.3) is 0 Å². The molecule has 0 radical (unpaired) electrons. The molecule has 0 aliphatic rings. The van der Waals surface area contributed by atoms with Crippen LogP contribution in [0.3, 0.4) is 0 Å². The lowest BCUT2D eigenvalue weighted by Gasteiger charge is -2.06. The molecule has 3 aromatic rings. The lowest BCUT2D eigenvalue weighted by molar-refractivity contribution is 0.0468. The number of hydrogen-bond donors (Lipinski definition) is 1. The lowest BCUT2D eigenvalue weighted by Crippen LogP contribution is -2.11. The highest BCUT2D eigenvalue weighted by Crippen LogP contribution is 2.19. The van der Waals surface area contributed by atoms with E-state index in [2.05, 4.69) is 14.9 Å². The number of anilines is 1. The van der Waals surface area contributed by atoms with Gasteiger partial charge in [0.05, 0.1) is 11.8 Å². The second-order valence-electron chi connectivity index (χ2n) is 4.58. The molecule has 0 aliphatic carbocycles. The lowest BCUT2D eigenvalue weighted by atomic mass is 10.2. The summed E-state index contributed by atoms with van der Waals surface area (Å²) in [6.45, 7) is -0.0504. The van der Waals surface area contributed by atoms with Crippen LogP contribution in [0.2, 0.25) is 4.34 Å². The van der Waals surface area contributed by atoms with E-state index in [4.69, 9.17) is 20.8 Å². The van der Waals surface area contributed by atoms with Gasteiger partial charge in [0, 0.05) is 17.2 Å². The molecule has 0 saturated heterocycles. The van der Waals surface area contributed by atoms with E-state index in [0.29, 0.717) is 21.3 Å². The minimum atomic E-state index is -0.525. The predicted octanol–water partition coefficient (Wildman–Crippen LogP) is 3.39. The van der Waals surface area contributed by atoms with Gasteiger partial charge in [-0.05, 0) is 36.4 Å². The number of ether oxygens (including phenoxy) is 1. The molecule has 1 aromatic carbocycles. The number of aromatic nitrogens is 2. The second-order valence-corrected chi connectivity index (χ2v) is 5.93. The van der Waals surface area contributed by atoms with Crippen LogP contribution in [-0.4, -0.2) is 21.5 Å². The summed E-state index contributed by atoms with van der Waals surface area (Å²) in [4.78, 5) is 23.8. The van der Waals surface area contributed by atoms with Gasteiger partial charge in [-0.25, -0.2) is 4.79 Å². The molecule has 0 aliphatic heterocycles. The number of furan rings is 1. The molecule has 9 heteroatoms. The zero-order valence-electron chi connectivity index (χ0n) is 12.1. The van der Waals surface area contributed by atoms with Gasteiger partial charge in [-0.15, -0.1) is 5.10 Å². The Morgan fingerprint density at radius 3 is 2.67 bits per heavy atom. The van der Waals surface area contributed by atoms with Gasteiger partial charge in [-0.1, -0.05) is 16.1 Å². The smallest absolute Gasteiger partial charge is 0.338 e. The van der Waals surface area contributed by atoms with E-state index in [1.165, 1.54) is 6.26 Å². The molecule has 1 N–H and O–H groups in total. The normalized spacial score (nSPS) is 10.4. The molecule has 122 valence electrons. The number of hydrogen-bond acceptors (Lipinski definition) is 7. The molecule has 2 aromatic heterocycles. The van der Waals surface area contributed by atoms with Gasteiger partial charge < -0.3 is 14.5 Å². The quantitative estimate of drug-likeness (QED) is 0.698. The maximum Gasteiger partial charge on any atom is 0.338 e. The third kappa shape index (κ3) is 3.79. The van der Waals surface area contributed by atoms with Gasteiger partial charge in [0.2, 0.25) is 0 Å². The standard InChI is InChI=1S/C15H10ClN3O4S/c16-13-11(18-19-24-13)8-23-15(21)9-3-5-10(6-4-9)17-14(20)12-2-1-7-22-12/h1-7H,8H2,(H,17,20). The molecule has 2 heterocycles. The molecule has 1 amide bonds. The maximum absolute atomic E-state index is 12.0. The Morgan fingerprint density at radius 1 is 1.25 bits per heavy atom. The Morgan fingerprint density at radius 2 is 2.04 bits per heavy atom. The van der Waals surface area contributed by atoms with E-state index in [1.54, 1.807) is 36.4 Å². The summed E-state index contributed by atoms with van der Waals surface area (Å²) in [5, 5.41) is 6.41. The summed E-state index contributed by atoms with van der Waals surface area (Å²) >= 11 is 6.86. The van der Waals surface area contributed by atoms with Gasteiger partial charge in [0.25, 0.3) is 5.91 Å². The SMILES string of the molecule is O=C(OCc1nnsc1Cl)c1ccc(NC(=O)c2ccco2)cc1. The average Bonchev–Trinajstić information content (AvgIpc) is 3.25. The van der Waals surface area contributed by atoms with Crippen molar-refractivity contribution in [3.63, 3.8) is 0 Å². The Bertz CT molecular complexity index is 846. The van der Waals surface area contributed by atoms with E-state index in [0.717, 1.165) is 11.5 Å². The van der Waals surface area contributed by atoms with Crippen molar-refractivity contribution >= 4 is 40.7 Å². The minimum Gasteiger partial charge on any atom is -0.459 e. The van der Waals surface area contributed by atoms with Crippen LogP contribution >= 0.6 is 23.1 Å². The van der Waals surface area contributed by atoms with Gasteiger partial charge in [-0.3, -0.25) is 4.79 Å². The predicted molar refractivity (Wildman–Crippen MR) is 87.1 cm³/mol. The van der Waals surface area contributed by atoms with E-state index < -0.39 is 5.97 Å². The molecule has 0 saturated carbocycles. The first-order chi connectivity index (χ1) is 11.6. The molecule has 3 rings (SSSR count). The van der Waals surface area contributed by atoms with Gasteiger partial charge in [0.1, 0.15) is 16.6 Å². The number of benzene rings is 1. The Kier molecular flexibility index (Phi) is 4.88. The Labute approximate surface area is 145 Å².